The molecule has 5 rings (SSSR count). The molecular weight excluding hydrogens is 428 g/mol. The summed E-state index contributed by atoms with van der Waals surface area (Å²) in [5.74, 6) is 0.213. The highest BCUT2D eigenvalue weighted by molar-refractivity contribution is 5.82. The molecule has 1 atom stereocenters. The Kier molecular flexibility index (Phi) is 5.55. The summed E-state index contributed by atoms with van der Waals surface area (Å²) in [6.07, 6.45) is -0.715. The van der Waals surface area contributed by atoms with Crippen molar-refractivity contribution in [1.29, 1.82) is 0 Å². The first-order valence-corrected chi connectivity index (χ1v) is 10.7. The number of carbonyl (C=O) groups excluding carboxylic acids is 2. The molecule has 10 nitrogen and oxygen atoms in total. The molecule has 0 spiro atoms. The second-order valence-electron chi connectivity index (χ2n) is 7.77. The van der Waals surface area contributed by atoms with Crippen molar-refractivity contribution in [1.82, 2.24) is 19.6 Å². The maximum atomic E-state index is 12.9. The summed E-state index contributed by atoms with van der Waals surface area (Å²) in [5.41, 5.74) is 0.657. The van der Waals surface area contributed by atoms with E-state index < -0.39 is 11.9 Å². The van der Waals surface area contributed by atoms with E-state index in [1.54, 1.807) is 34.1 Å². The van der Waals surface area contributed by atoms with E-state index in [2.05, 4.69) is 5.10 Å². The van der Waals surface area contributed by atoms with Gasteiger partial charge in [-0.2, -0.15) is 4.68 Å². The van der Waals surface area contributed by atoms with Gasteiger partial charge in [0.05, 0.1) is 0 Å². The van der Waals surface area contributed by atoms with Gasteiger partial charge in [-0.25, -0.2) is 4.79 Å². The molecule has 0 bridgehead atoms. The Bertz CT molecular complexity index is 1210. The topological polar surface area (TPSA) is 107 Å². The number of hydrogen-bond acceptors (Lipinski definition) is 7. The number of rotatable bonds is 4. The Morgan fingerprint density at radius 1 is 0.909 bits per heavy atom. The van der Waals surface area contributed by atoms with Gasteiger partial charge >= 0.3 is 5.76 Å². The number of aromatic nitrogens is 2. The average molecular weight is 450 g/mol. The number of piperazine rings is 1. The standard InChI is InChI=1S/C23H22N4O6/c28-20(14-27-23(30)33-21(24-27)16-6-2-1-3-7-16)25-10-12-26(13-11-25)22(29)19-15-31-17-8-4-5-9-18(17)32-19/h1-9,19H,10-15H2/t19-/m0/s1. The number of ether oxygens (including phenoxy) is 2. The van der Waals surface area contributed by atoms with Gasteiger partial charge in [0.25, 0.3) is 5.91 Å². The first-order valence-electron chi connectivity index (χ1n) is 10.7. The molecule has 1 saturated heterocycles. The van der Waals surface area contributed by atoms with Crippen LogP contribution < -0.4 is 15.2 Å². The van der Waals surface area contributed by atoms with Crippen LogP contribution in [0.15, 0.2) is 63.8 Å². The van der Waals surface area contributed by atoms with Gasteiger partial charge in [0.1, 0.15) is 13.2 Å². The third-order valence-electron chi connectivity index (χ3n) is 5.64. The molecule has 1 fully saturated rings. The van der Waals surface area contributed by atoms with E-state index in [0.29, 0.717) is 43.2 Å². The lowest BCUT2D eigenvalue weighted by Crippen LogP contribution is -2.55. The van der Waals surface area contributed by atoms with Crippen LogP contribution >= 0.6 is 0 Å². The van der Waals surface area contributed by atoms with E-state index in [9.17, 15) is 14.4 Å². The Morgan fingerprint density at radius 3 is 2.33 bits per heavy atom. The quantitative estimate of drug-likeness (QED) is 0.584. The molecule has 33 heavy (non-hydrogen) atoms. The molecule has 0 N–H and O–H groups in total. The lowest BCUT2D eigenvalue weighted by atomic mass is 10.2. The number of benzene rings is 2. The number of carbonyl (C=O) groups is 2. The average Bonchev–Trinajstić information content (AvgIpc) is 3.24. The van der Waals surface area contributed by atoms with Crippen molar-refractivity contribution in [2.24, 2.45) is 0 Å². The van der Waals surface area contributed by atoms with Crippen LogP contribution in [0.5, 0.6) is 11.5 Å². The normalized spacial score (nSPS) is 17.6. The molecule has 0 saturated carbocycles. The second-order valence-corrected chi connectivity index (χ2v) is 7.77. The molecule has 2 aliphatic rings. The van der Waals surface area contributed by atoms with Crippen molar-refractivity contribution in [2.45, 2.75) is 12.6 Å². The van der Waals surface area contributed by atoms with Crippen LogP contribution in [0.3, 0.4) is 0 Å². The zero-order chi connectivity index (χ0) is 22.8. The number of amides is 2. The van der Waals surface area contributed by atoms with Gasteiger partial charge in [0.2, 0.25) is 17.9 Å². The minimum atomic E-state index is -0.715. The van der Waals surface area contributed by atoms with Crippen molar-refractivity contribution >= 4 is 11.8 Å². The fourth-order valence-corrected chi connectivity index (χ4v) is 3.85. The second kappa shape index (κ2) is 8.81. The van der Waals surface area contributed by atoms with Crippen LogP contribution in [0.2, 0.25) is 0 Å². The first kappa shape index (κ1) is 20.8. The fraction of sp³-hybridized carbons (Fsp3) is 0.304. The third-order valence-corrected chi connectivity index (χ3v) is 5.64. The molecule has 1 aromatic heterocycles. The smallest absolute Gasteiger partial charge is 0.437 e. The van der Waals surface area contributed by atoms with Gasteiger partial charge < -0.3 is 23.7 Å². The number of para-hydroxylation sites is 2. The summed E-state index contributed by atoms with van der Waals surface area (Å²) >= 11 is 0. The summed E-state index contributed by atoms with van der Waals surface area (Å²) in [7, 11) is 0. The molecule has 3 aromatic rings. The van der Waals surface area contributed by atoms with E-state index in [-0.39, 0.29) is 30.9 Å². The van der Waals surface area contributed by atoms with Crippen molar-refractivity contribution in [3.63, 3.8) is 0 Å². The summed E-state index contributed by atoms with van der Waals surface area (Å²) in [6, 6.07) is 16.2. The highest BCUT2D eigenvalue weighted by Crippen LogP contribution is 2.31. The maximum absolute atomic E-state index is 12.9. The van der Waals surface area contributed by atoms with Crippen molar-refractivity contribution in [3.8, 4) is 23.0 Å². The maximum Gasteiger partial charge on any atom is 0.437 e. The van der Waals surface area contributed by atoms with E-state index in [0.717, 1.165) is 4.68 Å². The summed E-state index contributed by atoms with van der Waals surface area (Å²) < 4.78 is 17.6. The fourth-order valence-electron chi connectivity index (χ4n) is 3.85. The SMILES string of the molecule is O=C(Cn1nc(-c2ccccc2)oc1=O)N1CCN(C(=O)[C@@H]2COc3ccccc3O2)CC1. The molecule has 0 unspecified atom stereocenters. The van der Waals surface area contributed by atoms with Crippen LogP contribution in [0.1, 0.15) is 0 Å². The Labute approximate surface area is 188 Å². The van der Waals surface area contributed by atoms with E-state index in [1.165, 1.54) is 0 Å². The third kappa shape index (κ3) is 4.32. The van der Waals surface area contributed by atoms with E-state index >= 15 is 0 Å². The minimum absolute atomic E-state index is 0.147. The summed E-state index contributed by atoms with van der Waals surface area (Å²) in [4.78, 5) is 41.0. The van der Waals surface area contributed by atoms with E-state index in [1.807, 2.05) is 30.3 Å². The predicted octanol–water partition coefficient (Wildman–Crippen LogP) is 1.01. The largest absolute Gasteiger partial charge is 0.485 e. The monoisotopic (exact) mass is 450 g/mol. The van der Waals surface area contributed by atoms with E-state index in [4.69, 9.17) is 13.9 Å². The lowest BCUT2D eigenvalue weighted by Gasteiger charge is -2.37. The Morgan fingerprint density at radius 2 is 1.58 bits per heavy atom. The Balaban J connectivity index is 1.16. The molecule has 10 heteroatoms. The molecule has 3 heterocycles. The minimum Gasteiger partial charge on any atom is -0.485 e. The summed E-state index contributed by atoms with van der Waals surface area (Å²) in [5, 5.41) is 4.13. The van der Waals surface area contributed by atoms with Crippen molar-refractivity contribution < 1.29 is 23.5 Å². The number of fused-ring (bicyclic) bond motifs is 1. The molecule has 170 valence electrons. The molecule has 0 radical (unpaired) electrons. The van der Waals surface area contributed by atoms with Gasteiger partial charge in [-0.15, -0.1) is 5.10 Å². The molecule has 2 aromatic carbocycles. The molecule has 0 aliphatic carbocycles. The van der Waals surface area contributed by atoms with Crippen molar-refractivity contribution in [2.75, 3.05) is 32.8 Å². The number of nitrogens with zero attached hydrogens (tertiary/aromatic N) is 4. The van der Waals surface area contributed by atoms with Gasteiger partial charge in [0, 0.05) is 31.7 Å². The predicted molar refractivity (Wildman–Crippen MR) is 116 cm³/mol. The highest BCUT2D eigenvalue weighted by atomic mass is 16.6. The zero-order valence-electron chi connectivity index (χ0n) is 17.8. The van der Waals surface area contributed by atoms with Crippen LogP contribution in [-0.2, 0) is 16.1 Å². The highest BCUT2D eigenvalue weighted by Gasteiger charge is 2.33. The van der Waals surface area contributed by atoms with Gasteiger partial charge in [-0.1, -0.05) is 30.3 Å². The molecule has 2 amide bonds. The van der Waals surface area contributed by atoms with Crippen molar-refractivity contribution in [3.05, 3.63) is 65.1 Å². The Hall–Kier alpha value is -4.08. The van der Waals surface area contributed by atoms with Gasteiger partial charge in [-0.3, -0.25) is 9.59 Å². The molecular formula is C23H22N4O6. The van der Waals surface area contributed by atoms with Gasteiger partial charge in [-0.05, 0) is 24.3 Å². The molecule has 2 aliphatic heterocycles. The number of hydrogen-bond donors (Lipinski definition) is 0. The lowest BCUT2D eigenvalue weighted by molar-refractivity contribution is -0.146. The zero-order valence-corrected chi connectivity index (χ0v) is 17.8. The van der Waals surface area contributed by atoms with Crippen LogP contribution in [0, 0.1) is 0 Å². The van der Waals surface area contributed by atoms with Gasteiger partial charge in [0.15, 0.2) is 11.5 Å². The first-order chi connectivity index (χ1) is 16.1. The van der Waals surface area contributed by atoms with Crippen LogP contribution in [0.25, 0.3) is 11.5 Å². The summed E-state index contributed by atoms with van der Waals surface area (Å²) in [6.45, 7) is 1.37. The van der Waals surface area contributed by atoms with Crippen LogP contribution in [0.4, 0.5) is 0 Å². The van der Waals surface area contributed by atoms with Crippen LogP contribution in [-0.4, -0.2) is 70.3 Å².